The number of rotatable bonds is 6. The number of piperidine rings is 1. The Bertz CT molecular complexity index is 602. The Kier molecular flexibility index (Phi) is 7.16. The lowest BCUT2D eigenvalue weighted by molar-refractivity contribution is -0.137. The first-order valence-corrected chi connectivity index (χ1v) is 8.87. The molecule has 1 unspecified atom stereocenters. The molecule has 24 heavy (non-hydrogen) atoms. The maximum atomic E-state index is 12.2. The van der Waals surface area contributed by atoms with Crippen LogP contribution < -0.4 is 5.32 Å². The van der Waals surface area contributed by atoms with Gasteiger partial charge >= 0.3 is 5.97 Å². The fraction of sp³-hybridized carbons (Fsp3) is 0.500. The van der Waals surface area contributed by atoms with Gasteiger partial charge in [-0.25, -0.2) is 0 Å². The molecule has 1 aromatic rings. The van der Waals surface area contributed by atoms with E-state index < -0.39 is 5.97 Å². The minimum Gasteiger partial charge on any atom is -0.481 e. The van der Waals surface area contributed by atoms with Crippen LogP contribution in [0.3, 0.4) is 0 Å². The van der Waals surface area contributed by atoms with Crippen molar-refractivity contribution in [3.8, 4) is 0 Å². The van der Waals surface area contributed by atoms with Gasteiger partial charge in [0.05, 0.1) is 22.3 Å². The van der Waals surface area contributed by atoms with Gasteiger partial charge in [0, 0.05) is 18.0 Å². The molecule has 1 amide bonds. The molecular weight excluding hydrogens is 375 g/mol. The molecule has 0 aromatic heterocycles. The molecule has 2 rings (SSSR count). The molecule has 5 nitrogen and oxygen atoms in total. The lowest BCUT2D eigenvalue weighted by Gasteiger charge is -2.32. The fourth-order valence-corrected chi connectivity index (χ4v) is 3.81. The average molecular weight is 394 g/mol. The lowest BCUT2D eigenvalue weighted by atomic mass is 9.93. The number of carboxylic acids is 1. The second-order valence-electron chi connectivity index (χ2n) is 5.97. The van der Waals surface area contributed by atoms with Gasteiger partial charge < -0.3 is 10.4 Å². The molecule has 0 aliphatic carbocycles. The van der Waals surface area contributed by atoms with Crippen molar-refractivity contribution in [2.45, 2.75) is 25.7 Å². The highest BCUT2D eigenvalue weighted by Crippen LogP contribution is 2.33. The van der Waals surface area contributed by atoms with E-state index in [1.807, 2.05) is 4.90 Å². The van der Waals surface area contributed by atoms with E-state index in [1.165, 1.54) is 12.1 Å². The van der Waals surface area contributed by atoms with Crippen molar-refractivity contribution in [1.82, 2.24) is 4.90 Å². The average Bonchev–Trinajstić information content (AvgIpc) is 2.49. The van der Waals surface area contributed by atoms with Crippen LogP contribution in [0.25, 0.3) is 0 Å². The predicted molar refractivity (Wildman–Crippen MR) is 96.1 cm³/mol. The quantitative estimate of drug-likeness (QED) is 0.761. The number of nitrogens with zero attached hydrogens (tertiary/aromatic N) is 1. The summed E-state index contributed by atoms with van der Waals surface area (Å²) in [5.41, 5.74) is 0.354. The zero-order valence-electron chi connectivity index (χ0n) is 13.0. The highest BCUT2D eigenvalue weighted by molar-refractivity contribution is 6.42. The Morgan fingerprint density at radius 3 is 2.54 bits per heavy atom. The summed E-state index contributed by atoms with van der Waals surface area (Å²) in [5.74, 6) is -0.678. The van der Waals surface area contributed by atoms with E-state index in [0.29, 0.717) is 33.1 Å². The maximum absolute atomic E-state index is 12.2. The molecule has 1 aliphatic rings. The number of carbonyl (C=O) groups excluding carboxylic acids is 1. The Morgan fingerprint density at radius 1 is 1.25 bits per heavy atom. The Morgan fingerprint density at radius 2 is 1.92 bits per heavy atom. The summed E-state index contributed by atoms with van der Waals surface area (Å²) < 4.78 is 0. The van der Waals surface area contributed by atoms with Crippen LogP contribution in [-0.2, 0) is 9.59 Å². The van der Waals surface area contributed by atoms with E-state index in [1.54, 1.807) is 0 Å². The third kappa shape index (κ3) is 5.81. The van der Waals surface area contributed by atoms with Crippen molar-refractivity contribution in [3.63, 3.8) is 0 Å². The monoisotopic (exact) mass is 392 g/mol. The molecule has 1 atom stereocenters. The molecule has 0 bridgehead atoms. The fourth-order valence-electron chi connectivity index (χ4n) is 2.90. The summed E-state index contributed by atoms with van der Waals surface area (Å²) in [5, 5.41) is 12.5. The van der Waals surface area contributed by atoms with Crippen molar-refractivity contribution in [2.75, 3.05) is 25.0 Å². The molecule has 1 heterocycles. The number of hydrogen-bond acceptors (Lipinski definition) is 3. The zero-order valence-corrected chi connectivity index (χ0v) is 15.3. The maximum Gasteiger partial charge on any atom is 0.303 e. The first kappa shape index (κ1) is 19.3. The summed E-state index contributed by atoms with van der Waals surface area (Å²) >= 11 is 18.0. The summed E-state index contributed by atoms with van der Waals surface area (Å²) in [7, 11) is 0. The molecule has 1 aromatic carbocycles. The minimum atomic E-state index is -0.781. The van der Waals surface area contributed by atoms with Crippen LogP contribution >= 0.6 is 34.8 Å². The van der Waals surface area contributed by atoms with Gasteiger partial charge in [-0.05, 0) is 43.9 Å². The second kappa shape index (κ2) is 8.90. The molecule has 8 heteroatoms. The summed E-state index contributed by atoms with van der Waals surface area (Å²) in [6.45, 7) is 1.76. The molecule has 0 saturated carbocycles. The van der Waals surface area contributed by atoms with E-state index >= 15 is 0 Å². The van der Waals surface area contributed by atoms with Gasteiger partial charge in [-0.1, -0.05) is 34.8 Å². The third-order valence-corrected chi connectivity index (χ3v) is 4.82. The number of anilines is 1. The molecule has 0 spiro atoms. The van der Waals surface area contributed by atoms with Crippen LogP contribution in [0.15, 0.2) is 12.1 Å². The number of likely N-dealkylation sites (tertiary alicyclic amines) is 1. The minimum absolute atomic E-state index is 0.167. The van der Waals surface area contributed by atoms with Crippen LogP contribution in [0.2, 0.25) is 15.1 Å². The standard InChI is InChI=1S/C16H19Cl3N2O3/c17-11-6-12(18)16(13(19)7-11)20-14(22)9-21-5-1-2-10(8-21)3-4-15(23)24/h6-7,10H,1-5,8-9H2,(H,20,22)(H,23,24). The summed E-state index contributed by atoms with van der Waals surface area (Å²) in [4.78, 5) is 25.0. The summed E-state index contributed by atoms with van der Waals surface area (Å²) in [6, 6.07) is 3.04. The van der Waals surface area contributed by atoms with E-state index in [0.717, 1.165) is 25.9 Å². The van der Waals surface area contributed by atoms with E-state index in [-0.39, 0.29) is 18.9 Å². The SMILES string of the molecule is O=C(O)CCC1CCCN(CC(=O)Nc2c(Cl)cc(Cl)cc2Cl)C1. The van der Waals surface area contributed by atoms with Crippen LogP contribution in [0.5, 0.6) is 0 Å². The Balaban J connectivity index is 1.89. The van der Waals surface area contributed by atoms with Crippen LogP contribution in [-0.4, -0.2) is 41.5 Å². The second-order valence-corrected chi connectivity index (χ2v) is 7.22. The Hall–Kier alpha value is -1.01. The smallest absolute Gasteiger partial charge is 0.303 e. The van der Waals surface area contributed by atoms with Gasteiger partial charge in [0.1, 0.15) is 0 Å². The number of nitrogens with one attached hydrogen (secondary N) is 1. The van der Waals surface area contributed by atoms with Gasteiger partial charge in [0.2, 0.25) is 5.91 Å². The number of aliphatic carboxylic acids is 1. The summed E-state index contributed by atoms with van der Waals surface area (Å²) in [6.07, 6.45) is 2.77. The molecule has 132 valence electrons. The predicted octanol–water partition coefficient (Wildman–Crippen LogP) is 4.16. The molecule has 1 saturated heterocycles. The highest BCUT2D eigenvalue weighted by atomic mass is 35.5. The van der Waals surface area contributed by atoms with Crippen LogP contribution in [0, 0.1) is 5.92 Å². The number of benzene rings is 1. The first-order chi connectivity index (χ1) is 11.3. The van der Waals surface area contributed by atoms with Gasteiger partial charge in [-0.3, -0.25) is 14.5 Å². The van der Waals surface area contributed by atoms with Gasteiger partial charge in [0.25, 0.3) is 0 Å². The Labute approximate surface area is 155 Å². The number of carboxylic acid groups (broad SMARTS) is 1. The third-order valence-electron chi connectivity index (χ3n) is 4.01. The number of hydrogen-bond donors (Lipinski definition) is 2. The van der Waals surface area contributed by atoms with Crippen molar-refractivity contribution in [3.05, 3.63) is 27.2 Å². The zero-order chi connectivity index (χ0) is 17.7. The molecule has 1 aliphatic heterocycles. The van der Waals surface area contributed by atoms with E-state index in [9.17, 15) is 9.59 Å². The van der Waals surface area contributed by atoms with Gasteiger partial charge in [-0.2, -0.15) is 0 Å². The molecule has 0 radical (unpaired) electrons. The largest absolute Gasteiger partial charge is 0.481 e. The molecule has 1 fully saturated rings. The topological polar surface area (TPSA) is 69.6 Å². The first-order valence-electron chi connectivity index (χ1n) is 7.73. The normalized spacial score (nSPS) is 18.4. The van der Waals surface area contributed by atoms with Gasteiger partial charge in [-0.15, -0.1) is 0 Å². The number of carbonyl (C=O) groups is 2. The van der Waals surface area contributed by atoms with Crippen LogP contribution in [0.4, 0.5) is 5.69 Å². The van der Waals surface area contributed by atoms with E-state index in [2.05, 4.69) is 5.32 Å². The van der Waals surface area contributed by atoms with Crippen LogP contribution in [0.1, 0.15) is 25.7 Å². The van der Waals surface area contributed by atoms with Gasteiger partial charge in [0.15, 0.2) is 0 Å². The van der Waals surface area contributed by atoms with Crippen molar-refractivity contribution < 1.29 is 14.7 Å². The van der Waals surface area contributed by atoms with Crippen molar-refractivity contribution in [1.29, 1.82) is 0 Å². The van der Waals surface area contributed by atoms with Crippen molar-refractivity contribution >= 4 is 52.4 Å². The lowest BCUT2D eigenvalue weighted by Crippen LogP contribution is -2.40. The molecular formula is C16H19Cl3N2O3. The highest BCUT2D eigenvalue weighted by Gasteiger charge is 2.22. The molecule has 2 N–H and O–H groups in total. The van der Waals surface area contributed by atoms with Crippen molar-refractivity contribution in [2.24, 2.45) is 5.92 Å². The van der Waals surface area contributed by atoms with E-state index in [4.69, 9.17) is 39.9 Å². The number of halogens is 3. The number of amides is 1.